The average molecular weight is 410 g/mol. The number of amides is 1. The van der Waals surface area contributed by atoms with E-state index in [-0.39, 0.29) is 23.4 Å². The fourth-order valence-corrected chi connectivity index (χ4v) is 5.33. The number of rotatable bonds is 4. The first kappa shape index (κ1) is 19.7. The van der Waals surface area contributed by atoms with Crippen LogP contribution in [0.15, 0.2) is 54.6 Å². The number of ether oxygens (including phenoxy) is 1. The number of halogens is 1. The maximum Gasteiger partial charge on any atom is 0.243 e. The van der Waals surface area contributed by atoms with Gasteiger partial charge in [0.2, 0.25) is 5.91 Å². The number of hydrogen-bond donors (Lipinski definition) is 0. The first-order chi connectivity index (χ1) is 14.7. The van der Waals surface area contributed by atoms with Crippen molar-refractivity contribution in [1.82, 2.24) is 14.7 Å². The highest BCUT2D eigenvalue weighted by Crippen LogP contribution is 2.42. The molecule has 0 radical (unpaired) electrons. The SMILES string of the molecule is O=C1[C@H]2CN(Cc3ccc(F)cc3)CCN2C2(CCOCC2)N1Cc1ccccc1. The Bertz CT molecular complexity index is 883. The molecular formula is C24H28FN3O2. The van der Waals surface area contributed by atoms with Gasteiger partial charge in [-0.05, 0) is 23.3 Å². The number of carbonyl (C=O) groups is 1. The lowest BCUT2D eigenvalue weighted by Crippen LogP contribution is -2.61. The zero-order valence-corrected chi connectivity index (χ0v) is 17.2. The molecule has 1 spiro atoms. The molecule has 3 aliphatic rings. The summed E-state index contributed by atoms with van der Waals surface area (Å²) in [4.78, 5) is 20.5. The van der Waals surface area contributed by atoms with E-state index in [1.54, 1.807) is 0 Å². The second-order valence-corrected chi connectivity index (χ2v) is 8.58. The molecule has 3 heterocycles. The van der Waals surface area contributed by atoms with Gasteiger partial charge in [-0.2, -0.15) is 0 Å². The van der Waals surface area contributed by atoms with Crippen LogP contribution in [0.2, 0.25) is 0 Å². The fourth-order valence-electron chi connectivity index (χ4n) is 5.33. The van der Waals surface area contributed by atoms with E-state index in [4.69, 9.17) is 4.74 Å². The first-order valence-electron chi connectivity index (χ1n) is 10.8. The number of hydrogen-bond acceptors (Lipinski definition) is 4. The van der Waals surface area contributed by atoms with Crippen molar-refractivity contribution in [2.45, 2.75) is 37.6 Å². The molecule has 5 nitrogen and oxygen atoms in total. The van der Waals surface area contributed by atoms with Gasteiger partial charge in [0.25, 0.3) is 0 Å². The van der Waals surface area contributed by atoms with Crippen LogP contribution >= 0.6 is 0 Å². The van der Waals surface area contributed by atoms with Gasteiger partial charge in [-0.15, -0.1) is 0 Å². The van der Waals surface area contributed by atoms with Gasteiger partial charge in [0.1, 0.15) is 17.5 Å². The van der Waals surface area contributed by atoms with Gasteiger partial charge in [0.15, 0.2) is 0 Å². The lowest BCUT2D eigenvalue weighted by molar-refractivity contribution is -0.137. The van der Waals surface area contributed by atoms with Crippen LogP contribution in [-0.2, 0) is 22.6 Å². The standard InChI is InChI=1S/C24H28FN3O2/c25-21-8-6-20(7-9-21)16-26-12-13-27-22(18-26)23(29)28(17-19-4-2-1-3-5-19)24(27)10-14-30-15-11-24/h1-9,22H,10-18H2/t22-/m1/s1. The molecule has 3 aliphatic heterocycles. The number of nitrogens with zero attached hydrogens (tertiary/aromatic N) is 3. The molecule has 0 aliphatic carbocycles. The van der Waals surface area contributed by atoms with Crippen molar-refractivity contribution in [3.63, 3.8) is 0 Å². The van der Waals surface area contributed by atoms with Gasteiger partial charge >= 0.3 is 0 Å². The van der Waals surface area contributed by atoms with Crippen molar-refractivity contribution in [3.05, 3.63) is 71.5 Å². The van der Waals surface area contributed by atoms with Gasteiger partial charge in [-0.3, -0.25) is 14.6 Å². The summed E-state index contributed by atoms with van der Waals surface area (Å²) in [6.45, 7) is 5.26. The first-order valence-corrected chi connectivity index (χ1v) is 10.8. The molecule has 3 saturated heterocycles. The topological polar surface area (TPSA) is 36.0 Å². The van der Waals surface area contributed by atoms with Crippen molar-refractivity contribution in [2.75, 3.05) is 32.8 Å². The van der Waals surface area contributed by atoms with Crippen LogP contribution in [-0.4, -0.2) is 65.2 Å². The number of carbonyl (C=O) groups excluding carboxylic acids is 1. The molecule has 0 saturated carbocycles. The Morgan fingerprint density at radius 1 is 0.933 bits per heavy atom. The number of fused-ring (bicyclic) bond motifs is 2. The van der Waals surface area contributed by atoms with Crippen molar-refractivity contribution >= 4 is 5.91 Å². The van der Waals surface area contributed by atoms with Crippen LogP contribution in [0.1, 0.15) is 24.0 Å². The fraction of sp³-hybridized carbons (Fsp3) is 0.458. The number of benzene rings is 2. The molecule has 0 N–H and O–H groups in total. The molecule has 6 heteroatoms. The normalized spacial score (nSPS) is 24.4. The van der Waals surface area contributed by atoms with Crippen LogP contribution in [0.25, 0.3) is 0 Å². The largest absolute Gasteiger partial charge is 0.381 e. The minimum atomic E-state index is -0.238. The highest BCUT2D eigenvalue weighted by atomic mass is 19.1. The lowest BCUT2D eigenvalue weighted by atomic mass is 9.96. The van der Waals surface area contributed by atoms with Gasteiger partial charge < -0.3 is 9.64 Å². The molecule has 2 aromatic carbocycles. The summed E-state index contributed by atoms with van der Waals surface area (Å²) in [7, 11) is 0. The monoisotopic (exact) mass is 409 g/mol. The molecule has 1 atom stereocenters. The van der Waals surface area contributed by atoms with Gasteiger partial charge in [0, 0.05) is 45.6 Å². The zero-order chi connectivity index (χ0) is 20.6. The molecule has 0 bridgehead atoms. The Morgan fingerprint density at radius 2 is 1.63 bits per heavy atom. The van der Waals surface area contributed by atoms with Crippen molar-refractivity contribution in [3.8, 4) is 0 Å². The van der Waals surface area contributed by atoms with Crippen molar-refractivity contribution in [2.24, 2.45) is 0 Å². The lowest BCUT2D eigenvalue weighted by Gasteiger charge is -2.49. The van der Waals surface area contributed by atoms with E-state index in [2.05, 4.69) is 26.8 Å². The molecule has 158 valence electrons. The minimum absolute atomic E-state index is 0.124. The summed E-state index contributed by atoms with van der Waals surface area (Å²) < 4.78 is 18.9. The Kier molecular flexibility index (Phi) is 5.31. The van der Waals surface area contributed by atoms with Crippen molar-refractivity contribution in [1.29, 1.82) is 0 Å². The molecule has 3 fully saturated rings. The predicted octanol–water partition coefficient (Wildman–Crippen LogP) is 2.86. The summed E-state index contributed by atoms with van der Waals surface area (Å²) in [5.41, 5.74) is 2.01. The van der Waals surface area contributed by atoms with E-state index in [0.717, 1.165) is 38.0 Å². The van der Waals surface area contributed by atoms with E-state index in [1.165, 1.54) is 17.7 Å². The van der Waals surface area contributed by atoms with Gasteiger partial charge in [-0.25, -0.2) is 4.39 Å². The molecule has 5 rings (SSSR count). The summed E-state index contributed by atoms with van der Waals surface area (Å²) in [6, 6.07) is 16.8. The predicted molar refractivity (Wildman–Crippen MR) is 112 cm³/mol. The Morgan fingerprint density at radius 3 is 2.37 bits per heavy atom. The quantitative estimate of drug-likeness (QED) is 0.778. The highest BCUT2D eigenvalue weighted by molar-refractivity contribution is 5.85. The van der Waals surface area contributed by atoms with E-state index >= 15 is 0 Å². The number of piperazine rings is 1. The summed E-state index contributed by atoms with van der Waals surface area (Å²) in [5, 5.41) is 0. The van der Waals surface area contributed by atoms with Crippen LogP contribution in [0.5, 0.6) is 0 Å². The van der Waals surface area contributed by atoms with Crippen LogP contribution in [0.3, 0.4) is 0 Å². The van der Waals surface area contributed by atoms with Gasteiger partial charge in [0.05, 0.1) is 13.2 Å². The Hall–Kier alpha value is -2.28. The van der Waals surface area contributed by atoms with Gasteiger partial charge in [-0.1, -0.05) is 42.5 Å². The van der Waals surface area contributed by atoms with Crippen LogP contribution in [0.4, 0.5) is 4.39 Å². The second-order valence-electron chi connectivity index (χ2n) is 8.58. The minimum Gasteiger partial charge on any atom is -0.381 e. The smallest absolute Gasteiger partial charge is 0.243 e. The Labute approximate surface area is 177 Å². The summed E-state index contributed by atoms with van der Waals surface area (Å²) >= 11 is 0. The third-order valence-electron chi connectivity index (χ3n) is 6.85. The molecule has 0 unspecified atom stereocenters. The zero-order valence-electron chi connectivity index (χ0n) is 17.2. The molecule has 0 aromatic heterocycles. The summed E-state index contributed by atoms with van der Waals surface area (Å²) in [6.07, 6.45) is 1.72. The highest BCUT2D eigenvalue weighted by Gasteiger charge is 2.57. The third kappa shape index (κ3) is 3.53. The molecule has 30 heavy (non-hydrogen) atoms. The van der Waals surface area contributed by atoms with E-state index < -0.39 is 0 Å². The molecule has 1 amide bonds. The summed E-state index contributed by atoms with van der Waals surface area (Å²) in [5.74, 6) is 0.0112. The second kappa shape index (κ2) is 8.10. The third-order valence-corrected chi connectivity index (χ3v) is 6.85. The Balaban J connectivity index is 1.38. The van der Waals surface area contributed by atoms with E-state index in [9.17, 15) is 9.18 Å². The van der Waals surface area contributed by atoms with Crippen LogP contribution < -0.4 is 0 Å². The van der Waals surface area contributed by atoms with Crippen LogP contribution in [0, 0.1) is 5.82 Å². The van der Waals surface area contributed by atoms with E-state index in [0.29, 0.717) is 26.3 Å². The van der Waals surface area contributed by atoms with E-state index in [1.807, 2.05) is 30.3 Å². The average Bonchev–Trinajstić information content (AvgIpc) is 2.99. The maximum atomic E-state index is 13.6. The molecular weight excluding hydrogens is 381 g/mol. The van der Waals surface area contributed by atoms with Crippen molar-refractivity contribution < 1.29 is 13.9 Å². The molecule has 2 aromatic rings. The maximum absolute atomic E-state index is 13.6.